The zero-order chi connectivity index (χ0) is 18.7. The topological polar surface area (TPSA) is 75.2 Å². The highest BCUT2D eigenvalue weighted by Gasteiger charge is 2.35. The second-order valence-corrected chi connectivity index (χ2v) is 8.27. The minimum absolute atomic E-state index is 0.0242. The number of nitrogens with one attached hydrogen (secondary N) is 1. The van der Waals surface area contributed by atoms with Crippen molar-refractivity contribution in [2.45, 2.75) is 36.6 Å². The van der Waals surface area contributed by atoms with Crippen molar-refractivity contribution < 1.29 is 14.0 Å². The smallest absolute Gasteiger partial charge is 0.234 e. The van der Waals surface area contributed by atoms with Gasteiger partial charge in [0.15, 0.2) is 4.34 Å². The molecule has 0 saturated heterocycles. The van der Waals surface area contributed by atoms with Crippen LogP contribution in [0.4, 0.5) is 15.2 Å². The molecule has 10 heteroatoms. The lowest BCUT2D eigenvalue weighted by molar-refractivity contribution is -0.118. The van der Waals surface area contributed by atoms with E-state index >= 15 is 0 Å². The Balaban J connectivity index is 1.57. The third-order valence-corrected chi connectivity index (χ3v) is 5.91. The van der Waals surface area contributed by atoms with E-state index in [1.807, 2.05) is 6.92 Å². The van der Waals surface area contributed by atoms with E-state index in [1.54, 1.807) is 4.90 Å². The molecule has 0 radical (unpaired) electrons. The number of hydrogen-bond acceptors (Lipinski definition) is 6. The van der Waals surface area contributed by atoms with Gasteiger partial charge in [-0.15, -0.1) is 10.2 Å². The molecule has 3 rings (SSSR count). The predicted molar refractivity (Wildman–Crippen MR) is 101 cm³/mol. The Labute approximate surface area is 163 Å². The second-order valence-electron chi connectivity index (χ2n) is 5.66. The summed E-state index contributed by atoms with van der Waals surface area (Å²) in [5.74, 6) is -0.873. The molecule has 1 aromatic heterocycles. The zero-order valence-electron chi connectivity index (χ0n) is 13.9. The Morgan fingerprint density at radius 3 is 2.85 bits per heavy atom. The van der Waals surface area contributed by atoms with Crippen LogP contribution in [0.3, 0.4) is 0 Å². The van der Waals surface area contributed by atoms with Crippen LogP contribution >= 0.6 is 34.7 Å². The molecule has 2 amide bonds. The summed E-state index contributed by atoms with van der Waals surface area (Å²) >= 11 is 8.16. The molecule has 6 nitrogen and oxygen atoms in total. The van der Waals surface area contributed by atoms with E-state index < -0.39 is 5.82 Å². The van der Waals surface area contributed by atoms with E-state index in [4.69, 9.17) is 11.6 Å². The van der Waals surface area contributed by atoms with Gasteiger partial charge >= 0.3 is 0 Å². The second kappa shape index (κ2) is 8.32. The molecule has 0 atom stereocenters. The quantitative estimate of drug-likeness (QED) is 0.548. The molecule has 1 aliphatic rings. The minimum atomic E-state index is -0.591. The number of hydrogen-bond donors (Lipinski definition) is 1. The Hall–Kier alpha value is -1.71. The van der Waals surface area contributed by atoms with Gasteiger partial charge in [-0.05, 0) is 31.0 Å². The normalized spacial score (nSPS) is 13.5. The number of aromatic nitrogens is 2. The summed E-state index contributed by atoms with van der Waals surface area (Å²) in [5.41, 5.74) is 0.0754. The third-order valence-electron chi connectivity index (χ3n) is 3.62. The minimum Gasteiger partial charge on any atom is -0.323 e. The summed E-state index contributed by atoms with van der Waals surface area (Å²) in [6.45, 7) is 1.81. The van der Waals surface area contributed by atoms with Crippen molar-refractivity contribution in [1.82, 2.24) is 10.2 Å². The zero-order valence-corrected chi connectivity index (χ0v) is 16.3. The van der Waals surface area contributed by atoms with Crippen molar-refractivity contribution in [3.05, 3.63) is 29.0 Å². The maximum atomic E-state index is 13.7. The summed E-state index contributed by atoms with van der Waals surface area (Å²) in [5, 5.41) is 11.4. The van der Waals surface area contributed by atoms with Gasteiger partial charge in [0.1, 0.15) is 5.82 Å². The first-order valence-corrected chi connectivity index (χ1v) is 10.2. The molecule has 1 aromatic carbocycles. The Kier molecular flexibility index (Phi) is 6.10. The molecule has 1 aliphatic carbocycles. The van der Waals surface area contributed by atoms with Crippen molar-refractivity contribution in [3.63, 3.8) is 0 Å². The molecular formula is C16H16ClFN4O2S2. The molecular weight excluding hydrogens is 399 g/mol. The number of halogens is 2. The first kappa shape index (κ1) is 19.1. The molecule has 0 spiro atoms. The van der Waals surface area contributed by atoms with Gasteiger partial charge in [-0.25, -0.2) is 4.39 Å². The first-order valence-electron chi connectivity index (χ1n) is 8.01. The van der Waals surface area contributed by atoms with E-state index in [1.165, 1.54) is 35.2 Å². The van der Waals surface area contributed by atoms with Crippen LogP contribution in [0.25, 0.3) is 0 Å². The van der Waals surface area contributed by atoms with Gasteiger partial charge in [0.2, 0.25) is 16.9 Å². The maximum Gasteiger partial charge on any atom is 0.234 e. The van der Waals surface area contributed by atoms with Crippen molar-refractivity contribution in [3.8, 4) is 0 Å². The van der Waals surface area contributed by atoms with Crippen LogP contribution in [0.5, 0.6) is 0 Å². The van der Waals surface area contributed by atoms with Crippen LogP contribution in [0, 0.1) is 5.82 Å². The molecule has 26 heavy (non-hydrogen) atoms. The molecule has 1 fully saturated rings. The fraction of sp³-hybridized carbons (Fsp3) is 0.375. The van der Waals surface area contributed by atoms with E-state index in [2.05, 4.69) is 15.5 Å². The lowest BCUT2D eigenvalue weighted by Gasteiger charge is -2.17. The van der Waals surface area contributed by atoms with Crippen LogP contribution in [0.2, 0.25) is 5.02 Å². The number of carbonyl (C=O) groups excluding carboxylic acids is 2. The third kappa shape index (κ3) is 4.72. The number of carbonyl (C=O) groups is 2. The SMILES string of the molecule is CCC(=O)N(c1nnc(SCC(=O)Nc2ccc(Cl)cc2F)s1)C1CC1. The number of amides is 2. The standard InChI is InChI=1S/C16H16ClFN4O2S2/c1-2-14(24)22(10-4-5-10)15-20-21-16(26-15)25-8-13(23)19-12-6-3-9(17)7-11(12)18/h3,6-7,10H,2,4-5,8H2,1H3,(H,19,23). The van der Waals surface area contributed by atoms with Gasteiger partial charge in [-0.3, -0.25) is 14.5 Å². The average molecular weight is 415 g/mol. The Morgan fingerprint density at radius 1 is 1.42 bits per heavy atom. The highest BCUT2D eigenvalue weighted by atomic mass is 35.5. The lowest BCUT2D eigenvalue weighted by Crippen LogP contribution is -2.32. The highest BCUT2D eigenvalue weighted by molar-refractivity contribution is 8.01. The van der Waals surface area contributed by atoms with E-state index in [0.29, 0.717) is 15.9 Å². The first-order chi connectivity index (χ1) is 12.5. The summed E-state index contributed by atoms with van der Waals surface area (Å²) in [7, 11) is 0. The summed E-state index contributed by atoms with van der Waals surface area (Å²) < 4.78 is 14.3. The van der Waals surface area contributed by atoms with Gasteiger partial charge < -0.3 is 5.32 Å². The van der Waals surface area contributed by atoms with E-state index in [-0.39, 0.29) is 34.3 Å². The molecule has 0 unspecified atom stereocenters. The number of anilines is 2. The van der Waals surface area contributed by atoms with Crippen molar-refractivity contribution in [2.75, 3.05) is 16.0 Å². The van der Waals surface area contributed by atoms with Crippen LogP contribution in [-0.4, -0.2) is 33.8 Å². The summed E-state index contributed by atoms with van der Waals surface area (Å²) in [4.78, 5) is 25.8. The molecule has 1 heterocycles. The number of benzene rings is 1. The molecule has 0 bridgehead atoms. The van der Waals surface area contributed by atoms with Crippen molar-refractivity contribution >= 4 is 57.3 Å². The number of nitrogens with zero attached hydrogens (tertiary/aromatic N) is 3. The van der Waals surface area contributed by atoms with Crippen molar-refractivity contribution in [2.24, 2.45) is 0 Å². The molecule has 1 N–H and O–H groups in total. The van der Waals surface area contributed by atoms with Gasteiger partial charge in [-0.2, -0.15) is 0 Å². The van der Waals surface area contributed by atoms with E-state index in [9.17, 15) is 14.0 Å². The lowest BCUT2D eigenvalue weighted by atomic mass is 10.3. The van der Waals surface area contributed by atoms with Crippen LogP contribution in [0.15, 0.2) is 22.5 Å². The summed E-state index contributed by atoms with van der Waals surface area (Å²) in [6, 6.07) is 4.26. The maximum absolute atomic E-state index is 13.7. The molecule has 1 saturated carbocycles. The summed E-state index contributed by atoms with van der Waals surface area (Å²) in [6.07, 6.45) is 2.36. The van der Waals surface area contributed by atoms with Gasteiger partial charge in [0.25, 0.3) is 0 Å². The highest BCUT2D eigenvalue weighted by Crippen LogP contribution is 2.36. The van der Waals surface area contributed by atoms with Crippen LogP contribution < -0.4 is 10.2 Å². The fourth-order valence-corrected chi connectivity index (χ4v) is 4.12. The van der Waals surface area contributed by atoms with Crippen LogP contribution in [-0.2, 0) is 9.59 Å². The number of thioether (sulfide) groups is 1. The Bertz CT molecular complexity index is 828. The van der Waals surface area contributed by atoms with E-state index in [0.717, 1.165) is 18.9 Å². The van der Waals surface area contributed by atoms with Gasteiger partial charge in [0.05, 0.1) is 11.4 Å². The molecule has 138 valence electrons. The van der Waals surface area contributed by atoms with Gasteiger partial charge in [0, 0.05) is 17.5 Å². The largest absolute Gasteiger partial charge is 0.323 e. The molecule has 0 aliphatic heterocycles. The van der Waals surface area contributed by atoms with Crippen molar-refractivity contribution in [1.29, 1.82) is 0 Å². The van der Waals surface area contributed by atoms with Crippen LogP contribution in [0.1, 0.15) is 26.2 Å². The predicted octanol–water partition coefficient (Wildman–Crippen LogP) is 3.97. The number of rotatable bonds is 7. The fourth-order valence-electron chi connectivity index (χ4n) is 2.23. The molecule has 2 aromatic rings. The van der Waals surface area contributed by atoms with Gasteiger partial charge in [-0.1, -0.05) is 41.6 Å². The monoisotopic (exact) mass is 414 g/mol. The average Bonchev–Trinajstić information content (AvgIpc) is 3.33. The Morgan fingerprint density at radius 2 is 2.19 bits per heavy atom.